The van der Waals surface area contributed by atoms with Crippen LogP contribution in [0.4, 0.5) is 0 Å². The third-order valence-electron chi connectivity index (χ3n) is 4.22. The van der Waals surface area contributed by atoms with Gasteiger partial charge in [0.25, 0.3) is 0 Å². The monoisotopic (exact) mass is 321 g/mol. The molecule has 1 aromatic carbocycles. The second kappa shape index (κ2) is 7.77. The number of aryl methyl sites for hydroxylation is 1. The molecule has 0 saturated heterocycles. The van der Waals surface area contributed by atoms with Gasteiger partial charge in [-0.15, -0.1) is 0 Å². The molecule has 2 heterocycles. The second-order valence-corrected chi connectivity index (χ2v) is 6.16. The van der Waals surface area contributed by atoms with Gasteiger partial charge in [-0.05, 0) is 30.5 Å². The summed E-state index contributed by atoms with van der Waals surface area (Å²) >= 11 is 0. The van der Waals surface area contributed by atoms with Gasteiger partial charge in [-0.2, -0.15) is 0 Å². The fraction of sp³-hybridized carbons (Fsp3) is 0.300. The average Bonchev–Trinajstić information content (AvgIpc) is 3.02. The van der Waals surface area contributed by atoms with Crippen LogP contribution in [0.15, 0.2) is 60.9 Å². The summed E-state index contributed by atoms with van der Waals surface area (Å²) in [6.07, 6.45) is 6.43. The molecular weight excluding hydrogens is 298 g/mol. The maximum Gasteiger partial charge on any atom is 0.223 e. The number of carbonyl (C=O) groups is 1. The number of fused-ring (bicyclic) bond motifs is 1. The van der Waals surface area contributed by atoms with Crippen LogP contribution in [-0.2, 0) is 17.6 Å². The topological polar surface area (TPSA) is 46.4 Å². The number of carbonyl (C=O) groups excluding carboxylic acids is 1. The van der Waals surface area contributed by atoms with Crippen molar-refractivity contribution in [3.05, 3.63) is 72.3 Å². The number of nitrogens with one attached hydrogen (secondary N) is 1. The van der Waals surface area contributed by atoms with Crippen molar-refractivity contribution in [3.8, 4) is 0 Å². The van der Waals surface area contributed by atoms with Crippen LogP contribution in [0.2, 0.25) is 0 Å². The van der Waals surface area contributed by atoms with Gasteiger partial charge in [0.1, 0.15) is 5.82 Å². The Kier molecular flexibility index (Phi) is 5.26. The highest BCUT2D eigenvalue weighted by molar-refractivity contribution is 5.78. The van der Waals surface area contributed by atoms with Crippen molar-refractivity contribution in [3.63, 3.8) is 0 Å². The number of imidazole rings is 1. The number of pyridine rings is 1. The lowest BCUT2D eigenvalue weighted by molar-refractivity contribution is -0.124. The Morgan fingerprint density at radius 3 is 2.79 bits per heavy atom. The number of amides is 1. The molecule has 0 aliphatic carbocycles. The summed E-state index contributed by atoms with van der Waals surface area (Å²) in [6, 6.07) is 16.2. The fourth-order valence-electron chi connectivity index (χ4n) is 2.88. The van der Waals surface area contributed by atoms with E-state index in [-0.39, 0.29) is 11.8 Å². The molecule has 1 amide bonds. The Morgan fingerprint density at radius 2 is 1.96 bits per heavy atom. The van der Waals surface area contributed by atoms with Gasteiger partial charge >= 0.3 is 0 Å². The first-order valence-electron chi connectivity index (χ1n) is 8.46. The van der Waals surface area contributed by atoms with Gasteiger partial charge in [0.2, 0.25) is 5.91 Å². The van der Waals surface area contributed by atoms with Crippen molar-refractivity contribution >= 4 is 11.4 Å². The van der Waals surface area contributed by atoms with Crippen LogP contribution in [0.3, 0.4) is 0 Å². The van der Waals surface area contributed by atoms with E-state index in [4.69, 9.17) is 0 Å². The maximum absolute atomic E-state index is 12.2. The van der Waals surface area contributed by atoms with E-state index in [2.05, 4.69) is 26.8 Å². The maximum atomic E-state index is 12.2. The molecule has 0 spiro atoms. The first kappa shape index (κ1) is 16.2. The molecule has 0 bridgehead atoms. The van der Waals surface area contributed by atoms with Crippen molar-refractivity contribution in [2.45, 2.75) is 26.2 Å². The normalized spacial score (nSPS) is 12.2. The second-order valence-electron chi connectivity index (χ2n) is 6.16. The lowest BCUT2D eigenvalue weighted by atomic mass is 10.0. The summed E-state index contributed by atoms with van der Waals surface area (Å²) in [6.45, 7) is 2.66. The van der Waals surface area contributed by atoms with Crippen LogP contribution in [0.5, 0.6) is 0 Å². The number of aromatic nitrogens is 2. The molecule has 4 nitrogen and oxygen atoms in total. The predicted octanol–water partition coefficient (Wildman–Crippen LogP) is 3.26. The average molecular weight is 321 g/mol. The molecule has 4 heteroatoms. The molecule has 2 aromatic heterocycles. The summed E-state index contributed by atoms with van der Waals surface area (Å²) in [5.74, 6) is 1.14. The van der Waals surface area contributed by atoms with Gasteiger partial charge in [-0.3, -0.25) is 4.79 Å². The van der Waals surface area contributed by atoms with Gasteiger partial charge in [0.15, 0.2) is 0 Å². The standard InChI is InChI=1S/C20H23N3O/c1-16(14-17-8-3-2-4-9-17)20(24)21-12-7-11-19-22-15-18-10-5-6-13-23(18)19/h2-6,8-10,13,15-16H,7,11-12,14H2,1H3,(H,21,24). The molecule has 0 aliphatic rings. The van der Waals surface area contributed by atoms with E-state index in [1.54, 1.807) is 0 Å². The lowest BCUT2D eigenvalue weighted by Gasteiger charge is -2.12. The van der Waals surface area contributed by atoms with Crippen LogP contribution >= 0.6 is 0 Å². The first-order valence-corrected chi connectivity index (χ1v) is 8.46. The number of nitrogens with zero attached hydrogens (tertiary/aromatic N) is 2. The minimum atomic E-state index is -0.0142. The van der Waals surface area contributed by atoms with Crippen molar-refractivity contribution in [1.82, 2.24) is 14.7 Å². The minimum absolute atomic E-state index is 0.0142. The third kappa shape index (κ3) is 4.02. The molecule has 0 saturated carbocycles. The summed E-state index contributed by atoms with van der Waals surface area (Å²) in [4.78, 5) is 16.6. The summed E-state index contributed by atoms with van der Waals surface area (Å²) in [5.41, 5.74) is 2.30. The van der Waals surface area contributed by atoms with Crippen molar-refractivity contribution in [1.29, 1.82) is 0 Å². The highest BCUT2D eigenvalue weighted by atomic mass is 16.1. The lowest BCUT2D eigenvalue weighted by Crippen LogP contribution is -2.31. The van der Waals surface area contributed by atoms with Crippen molar-refractivity contribution in [2.75, 3.05) is 6.54 Å². The largest absolute Gasteiger partial charge is 0.356 e. The number of benzene rings is 1. The van der Waals surface area contributed by atoms with Crippen LogP contribution in [-0.4, -0.2) is 21.8 Å². The molecule has 24 heavy (non-hydrogen) atoms. The van der Waals surface area contributed by atoms with E-state index in [0.29, 0.717) is 6.54 Å². The molecule has 0 aliphatic heterocycles. The Bertz CT molecular complexity index is 795. The number of hydrogen-bond donors (Lipinski definition) is 1. The first-order chi connectivity index (χ1) is 11.7. The van der Waals surface area contributed by atoms with Crippen LogP contribution in [0.25, 0.3) is 5.52 Å². The molecule has 0 fully saturated rings. The molecule has 1 atom stereocenters. The molecule has 124 valence electrons. The zero-order valence-electron chi connectivity index (χ0n) is 14.0. The highest BCUT2D eigenvalue weighted by Crippen LogP contribution is 2.09. The van der Waals surface area contributed by atoms with Crippen LogP contribution in [0.1, 0.15) is 24.7 Å². The number of hydrogen-bond acceptors (Lipinski definition) is 2. The van der Waals surface area contributed by atoms with Crippen molar-refractivity contribution in [2.24, 2.45) is 5.92 Å². The van der Waals surface area contributed by atoms with Gasteiger partial charge < -0.3 is 9.72 Å². The molecule has 1 N–H and O–H groups in total. The quantitative estimate of drug-likeness (QED) is 0.679. The zero-order valence-corrected chi connectivity index (χ0v) is 14.0. The highest BCUT2D eigenvalue weighted by Gasteiger charge is 2.12. The molecular formula is C20H23N3O. The SMILES string of the molecule is CC(Cc1ccccc1)C(=O)NCCCc1ncc2ccccn12. The van der Waals surface area contributed by atoms with Crippen LogP contribution in [0, 0.1) is 5.92 Å². The Labute approximate surface area is 142 Å². The van der Waals surface area contributed by atoms with E-state index in [9.17, 15) is 4.79 Å². The Balaban J connectivity index is 1.43. The molecule has 3 aromatic rings. The summed E-state index contributed by atoms with van der Waals surface area (Å²) < 4.78 is 2.10. The summed E-state index contributed by atoms with van der Waals surface area (Å²) in [5, 5.41) is 3.04. The Morgan fingerprint density at radius 1 is 1.17 bits per heavy atom. The molecule has 0 radical (unpaired) electrons. The third-order valence-corrected chi connectivity index (χ3v) is 4.22. The van der Waals surface area contributed by atoms with Crippen molar-refractivity contribution < 1.29 is 4.79 Å². The Hall–Kier alpha value is -2.62. The minimum Gasteiger partial charge on any atom is -0.356 e. The molecule has 3 rings (SSSR count). The van der Waals surface area contributed by atoms with Gasteiger partial charge in [0.05, 0.1) is 11.7 Å². The van der Waals surface area contributed by atoms with Crippen LogP contribution < -0.4 is 5.32 Å². The smallest absolute Gasteiger partial charge is 0.223 e. The predicted molar refractivity (Wildman–Crippen MR) is 95.8 cm³/mol. The van der Waals surface area contributed by atoms with E-state index in [0.717, 1.165) is 30.6 Å². The van der Waals surface area contributed by atoms with Gasteiger partial charge in [0, 0.05) is 25.1 Å². The van der Waals surface area contributed by atoms with Gasteiger partial charge in [-0.25, -0.2) is 4.98 Å². The number of rotatable bonds is 7. The summed E-state index contributed by atoms with van der Waals surface area (Å²) in [7, 11) is 0. The van der Waals surface area contributed by atoms with E-state index in [1.807, 2.05) is 55.7 Å². The van der Waals surface area contributed by atoms with E-state index in [1.165, 1.54) is 5.56 Å². The van der Waals surface area contributed by atoms with E-state index < -0.39 is 0 Å². The fourth-order valence-corrected chi connectivity index (χ4v) is 2.88. The van der Waals surface area contributed by atoms with E-state index >= 15 is 0 Å². The molecule has 1 unspecified atom stereocenters. The van der Waals surface area contributed by atoms with Gasteiger partial charge in [-0.1, -0.05) is 43.3 Å². The zero-order chi connectivity index (χ0) is 16.8.